The lowest BCUT2D eigenvalue weighted by Gasteiger charge is -2.44. The van der Waals surface area contributed by atoms with Gasteiger partial charge in [-0.05, 0) is 24.3 Å². The largest absolute Gasteiger partial charge is 0.323 e. The molecule has 2 heteroatoms. The third kappa shape index (κ3) is 3.95. The summed E-state index contributed by atoms with van der Waals surface area (Å²) in [5.74, 6) is 1.73. The molecule has 2 heterocycles. The van der Waals surface area contributed by atoms with Gasteiger partial charge in [-0.25, -0.2) is 0 Å². The minimum absolute atomic E-state index is 0.703. The summed E-state index contributed by atoms with van der Waals surface area (Å²) in [7, 11) is 0. The van der Waals surface area contributed by atoms with Crippen molar-refractivity contribution in [3.63, 3.8) is 0 Å². The molecule has 1 aromatic carbocycles. The molecule has 2 nitrogen and oxygen atoms in total. The van der Waals surface area contributed by atoms with Gasteiger partial charge in [-0.3, -0.25) is 0 Å². The maximum Gasteiger partial charge on any atom is 0.143 e. The molecule has 4 rings (SSSR count). The van der Waals surface area contributed by atoms with E-state index in [1.165, 1.54) is 83.1 Å². The highest BCUT2D eigenvalue weighted by molar-refractivity contribution is 5.18. The van der Waals surface area contributed by atoms with Crippen LogP contribution in [0.3, 0.4) is 0 Å². The Hall–Kier alpha value is -0.860. The van der Waals surface area contributed by atoms with Crippen molar-refractivity contribution in [3.05, 3.63) is 35.9 Å². The monoisotopic (exact) mass is 342 g/mol. The highest BCUT2D eigenvalue weighted by atomic mass is 15.3. The van der Waals surface area contributed by atoms with Gasteiger partial charge in [0, 0.05) is 25.2 Å². The van der Waals surface area contributed by atoms with Gasteiger partial charge in [0.25, 0.3) is 0 Å². The van der Waals surface area contributed by atoms with Crippen molar-refractivity contribution in [2.75, 3.05) is 26.2 Å². The van der Waals surface area contributed by atoms with Crippen LogP contribution in [0.5, 0.6) is 0 Å². The maximum atomic E-state index is 2.43. The molecule has 2 N–H and O–H groups in total. The number of benzene rings is 1. The molecule has 0 amide bonds. The molecule has 3 aliphatic rings. The van der Waals surface area contributed by atoms with Gasteiger partial charge in [0.1, 0.15) is 25.2 Å². The summed E-state index contributed by atoms with van der Waals surface area (Å²) in [6.07, 6.45) is 11.9. The summed E-state index contributed by atoms with van der Waals surface area (Å²) in [5, 5.41) is 0. The van der Waals surface area contributed by atoms with Gasteiger partial charge in [-0.2, -0.15) is 0 Å². The van der Waals surface area contributed by atoms with E-state index in [1.807, 2.05) is 9.80 Å². The van der Waals surface area contributed by atoms with Crippen molar-refractivity contribution in [3.8, 4) is 0 Å². The third-order valence-electron chi connectivity index (χ3n) is 7.63. The van der Waals surface area contributed by atoms with Crippen LogP contribution in [0.2, 0.25) is 0 Å². The Morgan fingerprint density at radius 3 is 2.52 bits per heavy atom. The fourth-order valence-corrected chi connectivity index (χ4v) is 6.25. The number of quaternary nitrogens is 2. The second-order valence-corrected chi connectivity index (χ2v) is 9.09. The lowest BCUT2D eigenvalue weighted by molar-refractivity contribution is -1.04. The first-order valence-electron chi connectivity index (χ1n) is 11.1. The van der Waals surface area contributed by atoms with E-state index >= 15 is 0 Å². The van der Waals surface area contributed by atoms with E-state index < -0.39 is 0 Å². The van der Waals surface area contributed by atoms with Crippen LogP contribution < -0.4 is 9.80 Å². The lowest BCUT2D eigenvalue weighted by Crippen LogP contribution is -3.32. The summed E-state index contributed by atoms with van der Waals surface area (Å²) in [4.78, 5) is 3.95. The zero-order valence-corrected chi connectivity index (χ0v) is 16.2. The maximum absolute atomic E-state index is 2.43. The number of nitrogens with one attached hydrogen (secondary N) is 2. The zero-order valence-electron chi connectivity index (χ0n) is 16.2. The fraction of sp³-hybridized carbons (Fsp3) is 0.739. The summed E-state index contributed by atoms with van der Waals surface area (Å²) >= 11 is 0. The number of fused-ring (bicyclic) bond motifs is 1. The van der Waals surface area contributed by atoms with Crippen LogP contribution in [-0.4, -0.2) is 38.3 Å². The molecule has 1 aromatic rings. The topological polar surface area (TPSA) is 8.88 Å². The van der Waals surface area contributed by atoms with Crippen LogP contribution in [0.25, 0.3) is 0 Å². The van der Waals surface area contributed by atoms with E-state index in [4.69, 9.17) is 0 Å². The van der Waals surface area contributed by atoms with E-state index in [0.29, 0.717) is 5.92 Å². The Kier molecular flexibility index (Phi) is 5.77. The normalized spacial score (nSPS) is 34.6. The highest BCUT2D eigenvalue weighted by Gasteiger charge is 2.48. The predicted octanol–water partition coefficient (Wildman–Crippen LogP) is 2.07. The van der Waals surface area contributed by atoms with Gasteiger partial charge >= 0.3 is 0 Å². The van der Waals surface area contributed by atoms with Crippen LogP contribution in [-0.2, 0) is 0 Å². The van der Waals surface area contributed by atoms with Crippen LogP contribution in [0.4, 0.5) is 0 Å². The Labute approximate surface area is 154 Å². The van der Waals surface area contributed by atoms with Crippen molar-refractivity contribution in [1.29, 1.82) is 0 Å². The molecule has 1 aliphatic carbocycles. The molecule has 138 valence electrons. The molecule has 0 radical (unpaired) electrons. The smallest absolute Gasteiger partial charge is 0.143 e. The molecule has 2 unspecified atom stereocenters. The SMILES string of the molecule is C[C@@H](CC[NH+]1CC[NH+]2CCC[C@@H]2[C@@H]1C1CCCCC1)c1ccccc1. The molecule has 5 atom stereocenters. The van der Waals surface area contributed by atoms with Gasteiger partial charge in [-0.15, -0.1) is 0 Å². The van der Waals surface area contributed by atoms with E-state index in [2.05, 4.69) is 37.3 Å². The molecule has 3 fully saturated rings. The van der Waals surface area contributed by atoms with Gasteiger partial charge in [0.15, 0.2) is 0 Å². The van der Waals surface area contributed by atoms with E-state index in [0.717, 1.165) is 18.0 Å². The molecule has 0 bridgehead atoms. The van der Waals surface area contributed by atoms with Crippen molar-refractivity contribution in [2.45, 2.75) is 76.3 Å². The summed E-state index contributed by atoms with van der Waals surface area (Å²) in [5.41, 5.74) is 1.53. The number of hydrogen-bond acceptors (Lipinski definition) is 0. The van der Waals surface area contributed by atoms with E-state index in [-0.39, 0.29) is 0 Å². The summed E-state index contributed by atoms with van der Waals surface area (Å²) in [6, 6.07) is 13.1. The zero-order chi connectivity index (χ0) is 17.1. The standard InChI is InChI=1S/C23H36N2/c1-19(20-9-4-2-5-10-20)14-16-25-18-17-24-15-8-13-22(24)23(25)21-11-6-3-7-12-21/h2,4-5,9-10,19,21-23H,3,6-8,11-18H2,1H3/p+2/t19-,22+,23-/m0/s1. The second kappa shape index (κ2) is 8.22. The van der Waals surface area contributed by atoms with Crippen molar-refractivity contribution in [1.82, 2.24) is 0 Å². The molecular weight excluding hydrogens is 304 g/mol. The molecule has 2 saturated heterocycles. The molecular formula is C23H38N2+2. The van der Waals surface area contributed by atoms with E-state index in [1.54, 1.807) is 0 Å². The van der Waals surface area contributed by atoms with Gasteiger partial charge in [0.2, 0.25) is 0 Å². The number of hydrogen-bond donors (Lipinski definition) is 2. The first-order chi connectivity index (χ1) is 12.3. The number of piperazine rings is 1. The molecule has 25 heavy (non-hydrogen) atoms. The second-order valence-electron chi connectivity index (χ2n) is 9.09. The average molecular weight is 343 g/mol. The van der Waals surface area contributed by atoms with Gasteiger partial charge < -0.3 is 9.80 Å². The average Bonchev–Trinajstić information content (AvgIpc) is 3.15. The minimum Gasteiger partial charge on any atom is -0.323 e. The molecule has 0 spiro atoms. The molecule has 2 aliphatic heterocycles. The quantitative estimate of drug-likeness (QED) is 0.811. The van der Waals surface area contributed by atoms with Gasteiger partial charge in [-0.1, -0.05) is 56.5 Å². The highest BCUT2D eigenvalue weighted by Crippen LogP contribution is 2.28. The predicted molar refractivity (Wildman–Crippen MR) is 104 cm³/mol. The van der Waals surface area contributed by atoms with Crippen LogP contribution in [0.15, 0.2) is 30.3 Å². The van der Waals surface area contributed by atoms with Crippen LogP contribution >= 0.6 is 0 Å². The van der Waals surface area contributed by atoms with Crippen LogP contribution in [0.1, 0.15) is 69.8 Å². The lowest BCUT2D eigenvalue weighted by atomic mass is 9.78. The first kappa shape index (κ1) is 17.5. The summed E-state index contributed by atoms with van der Waals surface area (Å²) in [6.45, 7) is 8.14. The third-order valence-corrected chi connectivity index (χ3v) is 7.63. The van der Waals surface area contributed by atoms with E-state index in [9.17, 15) is 0 Å². The van der Waals surface area contributed by atoms with Crippen molar-refractivity contribution < 1.29 is 9.80 Å². The Morgan fingerprint density at radius 1 is 0.920 bits per heavy atom. The van der Waals surface area contributed by atoms with Crippen molar-refractivity contribution in [2.24, 2.45) is 5.92 Å². The van der Waals surface area contributed by atoms with Crippen molar-refractivity contribution >= 4 is 0 Å². The van der Waals surface area contributed by atoms with Crippen LogP contribution in [0, 0.1) is 5.92 Å². The molecule has 1 saturated carbocycles. The first-order valence-corrected chi connectivity index (χ1v) is 11.1. The Morgan fingerprint density at radius 2 is 1.72 bits per heavy atom. The molecule has 0 aromatic heterocycles. The Bertz CT molecular complexity index is 522. The number of rotatable bonds is 5. The minimum atomic E-state index is 0.703. The fourth-order valence-electron chi connectivity index (χ4n) is 6.25. The Balaban J connectivity index is 1.42. The summed E-state index contributed by atoms with van der Waals surface area (Å²) < 4.78 is 0. The van der Waals surface area contributed by atoms with Gasteiger partial charge in [0.05, 0.1) is 13.1 Å².